The molecular formula is C15H13N3O6. The first-order chi connectivity index (χ1) is 11.4. The Hall–Kier alpha value is -3.49. The molecular weight excluding hydrogens is 318 g/mol. The van der Waals surface area contributed by atoms with Gasteiger partial charge in [-0.25, -0.2) is 4.79 Å². The molecule has 0 saturated heterocycles. The van der Waals surface area contributed by atoms with Gasteiger partial charge in [-0.1, -0.05) is 12.1 Å². The summed E-state index contributed by atoms with van der Waals surface area (Å²) in [5.41, 5.74) is 0.718. The predicted octanol–water partition coefficient (Wildman–Crippen LogP) is 2.90. The Labute approximate surface area is 136 Å². The van der Waals surface area contributed by atoms with Crippen LogP contribution in [0, 0.1) is 20.2 Å². The standard InChI is InChI=1S/C15H13N3O6/c1-24-15(19)11-4-7-13(14(8-11)18(22)23)16-9-10-2-5-12(6-3-10)17(20)21/h2-8,16H,9H2,1H3. The normalized spacial score (nSPS) is 10.0. The topological polar surface area (TPSA) is 125 Å². The lowest BCUT2D eigenvalue weighted by molar-refractivity contribution is -0.384. The minimum atomic E-state index is -0.667. The number of esters is 1. The number of anilines is 1. The molecule has 0 saturated carbocycles. The van der Waals surface area contributed by atoms with Gasteiger partial charge in [0.25, 0.3) is 11.4 Å². The first kappa shape index (κ1) is 16.9. The third kappa shape index (κ3) is 3.83. The van der Waals surface area contributed by atoms with Crippen molar-refractivity contribution in [3.63, 3.8) is 0 Å². The van der Waals surface area contributed by atoms with Gasteiger partial charge in [-0.2, -0.15) is 0 Å². The first-order valence-corrected chi connectivity index (χ1v) is 6.76. The maximum Gasteiger partial charge on any atom is 0.338 e. The molecule has 2 aromatic rings. The Kier molecular flexibility index (Phi) is 5.05. The van der Waals surface area contributed by atoms with Crippen molar-refractivity contribution in [3.8, 4) is 0 Å². The Morgan fingerprint density at radius 1 is 1.08 bits per heavy atom. The van der Waals surface area contributed by atoms with Crippen LogP contribution in [0.15, 0.2) is 42.5 Å². The Balaban J connectivity index is 2.18. The average molecular weight is 331 g/mol. The van der Waals surface area contributed by atoms with Crippen molar-refractivity contribution >= 4 is 23.0 Å². The molecule has 9 heteroatoms. The van der Waals surface area contributed by atoms with E-state index in [0.717, 1.165) is 6.07 Å². The van der Waals surface area contributed by atoms with Gasteiger partial charge < -0.3 is 10.1 Å². The second-order valence-electron chi connectivity index (χ2n) is 4.76. The molecule has 2 rings (SSSR count). The summed E-state index contributed by atoms with van der Waals surface area (Å²) in [4.78, 5) is 32.1. The van der Waals surface area contributed by atoms with Crippen molar-refractivity contribution in [2.75, 3.05) is 12.4 Å². The van der Waals surface area contributed by atoms with Crippen molar-refractivity contribution in [3.05, 3.63) is 73.8 Å². The van der Waals surface area contributed by atoms with Crippen LogP contribution in [0.1, 0.15) is 15.9 Å². The Morgan fingerprint density at radius 3 is 2.29 bits per heavy atom. The SMILES string of the molecule is COC(=O)c1ccc(NCc2ccc([N+](=O)[O-])cc2)c([N+](=O)[O-])c1. The van der Waals surface area contributed by atoms with E-state index >= 15 is 0 Å². The molecule has 0 aliphatic heterocycles. The number of methoxy groups -OCH3 is 1. The van der Waals surface area contributed by atoms with Gasteiger partial charge in [-0.15, -0.1) is 0 Å². The van der Waals surface area contributed by atoms with Gasteiger partial charge in [0.05, 0.1) is 22.5 Å². The van der Waals surface area contributed by atoms with E-state index in [1.54, 1.807) is 12.1 Å². The minimum absolute atomic E-state index is 0.0350. The highest BCUT2D eigenvalue weighted by atomic mass is 16.6. The Morgan fingerprint density at radius 2 is 1.75 bits per heavy atom. The highest BCUT2D eigenvalue weighted by Gasteiger charge is 2.17. The molecule has 0 spiro atoms. The quantitative estimate of drug-likeness (QED) is 0.490. The minimum Gasteiger partial charge on any atom is -0.465 e. The number of carbonyl (C=O) groups is 1. The number of nitrogens with zero attached hydrogens (tertiary/aromatic N) is 2. The van der Waals surface area contributed by atoms with Gasteiger partial charge >= 0.3 is 5.97 Å². The molecule has 0 atom stereocenters. The summed E-state index contributed by atoms with van der Waals surface area (Å²) in [6.45, 7) is 0.233. The molecule has 0 radical (unpaired) electrons. The molecule has 9 nitrogen and oxygen atoms in total. The van der Waals surface area contributed by atoms with Gasteiger partial charge in [0.2, 0.25) is 0 Å². The predicted molar refractivity (Wildman–Crippen MR) is 84.9 cm³/mol. The summed E-state index contributed by atoms with van der Waals surface area (Å²) < 4.78 is 4.53. The van der Waals surface area contributed by atoms with E-state index in [1.807, 2.05) is 0 Å². The highest BCUT2D eigenvalue weighted by Crippen LogP contribution is 2.26. The van der Waals surface area contributed by atoms with Crippen molar-refractivity contribution in [1.82, 2.24) is 0 Å². The fraction of sp³-hybridized carbons (Fsp3) is 0.133. The van der Waals surface area contributed by atoms with Crippen molar-refractivity contribution in [2.24, 2.45) is 0 Å². The van der Waals surface area contributed by atoms with Gasteiger partial charge in [0, 0.05) is 24.7 Å². The lowest BCUT2D eigenvalue weighted by Gasteiger charge is -2.08. The second-order valence-corrected chi connectivity index (χ2v) is 4.76. The van der Waals surface area contributed by atoms with E-state index in [4.69, 9.17) is 0 Å². The fourth-order valence-electron chi connectivity index (χ4n) is 2.01. The number of nitro benzene ring substituents is 2. The third-order valence-corrected chi connectivity index (χ3v) is 3.25. The largest absolute Gasteiger partial charge is 0.465 e. The van der Waals surface area contributed by atoms with Crippen LogP contribution in [0.3, 0.4) is 0 Å². The number of benzene rings is 2. The van der Waals surface area contributed by atoms with Crippen LogP contribution in [0.25, 0.3) is 0 Å². The molecule has 0 bridgehead atoms. The number of nitro groups is 2. The molecule has 2 aromatic carbocycles. The molecule has 124 valence electrons. The number of rotatable bonds is 6. The van der Waals surface area contributed by atoms with Gasteiger partial charge in [0.1, 0.15) is 5.69 Å². The fourth-order valence-corrected chi connectivity index (χ4v) is 2.01. The number of ether oxygens (including phenoxy) is 1. The van der Waals surface area contributed by atoms with Crippen LogP contribution >= 0.6 is 0 Å². The van der Waals surface area contributed by atoms with Crippen LogP contribution in [0.5, 0.6) is 0 Å². The lowest BCUT2D eigenvalue weighted by Crippen LogP contribution is -2.06. The molecule has 0 heterocycles. The summed E-state index contributed by atoms with van der Waals surface area (Å²) in [5, 5.41) is 24.6. The van der Waals surface area contributed by atoms with Crippen molar-refractivity contribution < 1.29 is 19.4 Å². The van der Waals surface area contributed by atoms with Crippen LogP contribution in [-0.4, -0.2) is 22.9 Å². The van der Waals surface area contributed by atoms with Crippen LogP contribution < -0.4 is 5.32 Å². The average Bonchev–Trinajstić information content (AvgIpc) is 2.59. The molecule has 1 N–H and O–H groups in total. The van der Waals surface area contributed by atoms with Crippen molar-refractivity contribution in [1.29, 1.82) is 0 Å². The molecule has 0 unspecified atom stereocenters. The zero-order chi connectivity index (χ0) is 17.7. The summed E-state index contributed by atoms with van der Waals surface area (Å²) in [5.74, 6) is -0.667. The number of hydrogen-bond donors (Lipinski definition) is 1. The van der Waals surface area contributed by atoms with E-state index < -0.39 is 15.8 Å². The third-order valence-electron chi connectivity index (χ3n) is 3.25. The molecule has 0 aliphatic rings. The second kappa shape index (κ2) is 7.18. The van der Waals surface area contributed by atoms with Crippen LogP contribution in [-0.2, 0) is 11.3 Å². The number of nitrogens with one attached hydrogen (secondary N) is 1. The van der Waals surface area contributed by atoms with Crippen LogP contribution in [0.2, 0.25) is 0 Å². The van der Waals surface area contributed by atoms with Crippen LogP contribution in [0.4, 0.5) is 17.1 Å². The van der Waals surface area contributed by atoms with E-state index in [1.165, 1.54) is 31.4 Å². The number of non-ortho nitro benzene ring substituents is 1. The van der Waals surface area contributed by atoms with E-state index in [0.29, 0.717) is 5.56 Å². The smallest absolute Gasteiger partial charge is 0.338 e. The monoisotopic (exact) mass is 331 g/mol. The lowest BCUT2D eigenvalue weighted by atomic mass is 10.1. The summed E-state index contributed by atoms with van der Waals surface area (Å²) in [6.07, 6.45) is 0. The highest BCUT2D eigenvalue weighted by molar-refractivity contribution is 5.91. The zero-order valence-electron chi connectivity index (χ0n) is 12.6. The van der Waals surface area contributed by atoms with Gasteiger partial charge in [0.15, 0.2) is 0 Å². The van der Waals surface area contributed by atoms with E-state index in [9.17, 15) is 25.0 Å². The molecule has 0 aromatic heterocycles. The van der Waals surface area contributed by atoms with Crippen molar-refractivity contribution in [2.45, 2.75) is 6.54 Å². The number of carbonyl (C=O) groups excluding carboxylic acids is 1. The number of hydrogen-bond acceptors (Lipinski definition) is 7. The molecule has 0 amide bonds. The summed E-state index contributed by atoms with van der Waals surface area (Å²) >= 11 is 0. The maximum atomic E-state index is 11.4. The van der Waals surface area contributed by atoms with E-state index in [2.05, 4.69) is 10.1 Å². The molecule has 0 fully saturated rings. The van der Waals surface area contributed by atoms with Gasteiger partial charge in [-0.3, -0.25) is 20.2 Å². The zero-order valence-corrected chi connectivity index (χ0v) is 12.6. The van der Waals surface area contributed by atoms with Gasteiger partial charge in [-0.05, 0) is 17.7 Å². The Bertz CT molecular complexity index is 788. The van der Waals surface area contributed by atoms with E-state index in [-0.39, 0.29) is 29.2 Å². The maximum absolute atomic E-state index is 11.4. The first-order valence-electron chi connectivity index (χ1n) is 6.76. The summed E-state index contributed by atoms with van der Waals surface area (Å²) in [7, 11) is 1.19. The summed E-state index contributed by atoms with van der Waals surface area (Å²) in [6, 6.07) is 9.77. The molecule has 24 heavy (non-hydrogen) atoms. The molecule has 0 aliphatic carbocycles.